The van der Waals surface area contributed by atoms with E-state index in [1.807, 2.05) is 6.07 Å². The fourth-order valence-electron chi connectivity index (χ4n) is 2.62. The number of nitriles is 1. The molecule has 1 aliphatic heterocycles. The number of nitrogens with one attached hydrogen (secondary N) is 2. The van der Waals surface area contributed by atoms with Gasteiger partial charge in [-0.1, -0.05) is 6.92 Å². The van der Waals surface area contributed by atoms with Crippen LogP contribution in [0.5, 0.6) is 0 Å². The van der Waals surface area contributed by atoms with Crippen molar-refractivity contribution in [3.8, 4) is 6.07 Å². The molecule has 1 atom stereocenters. The van der Waals surface area contributed by atoms with E-state index < -0.39 is 6.10 Å². The molecule has 1 fully saturated rings. The molecule has 1 saturated heterocycles. The van der Waals surface area contributed by atoms with Crippen molar-refractivity contribution in [2.24, 2.45) is 5.92 Å². The summed E-state index contributed by atoms with van der Waals surface area (Å²) in [6.45, 7) is 5.08. The molecule has 2 rings (SSSR count). The number of carbonyl (C=O) groups is 1. The van der Waals surface area contributed by atoms with Crippen molar-refractivity contribution in [3.63, 3.8) is 0 Å². The molecule has 1 aliphatic rings. The third-order valence-corrected chi connectivity index (χ3v) is 4.12. The van der Waals surface area contributed by atoms with Gasteiger partial charge in [-0.25, -0.2) is 4.79 Å². The Hall–Kier alpha value is -2.10. The number of hydrogen-bond donors (Lipinski definition) is 3. The van der Waals surface area contributed by atoms with E-state index in [0.29, 0.717) is 17.8 Å². The summed E-state index contributed by atoms with van der Waals surface area (Å²) in [6, 6.07) is 8.28. The van der Waals surface area contributed by atoms with Crippen LogP contribution in [0.3, 0.4) is 0 Å². The van der Waals surface area contributed by atoms with Crippen LogP contribution in [0.15, 0.2) is 24.3 Å². The third-order valence-electron chi connectivity index (χ3n) is 4.12. The van der Waals surface area contributed by atoms with Gasteiger partial charge in [-0.15, -0.1) is 0 Å². The summed E-state index contributed by atoms with van der Waals surface area (Å²) in [7, 11) is 0. The van der Waals surface area contributed by atoms with Gasteiger partial charge in [0.2, 0.25) is 0 Å². The summed E-state index contributed by atoms with van der Waals surface area (Å²) in [6.07, 6.45) is 1.76. The van der Waals surface area contributed by atoms with Crippen molar-refractivity contribution < 1.29 is 9.90 Å². The SMILES string of the molecule is CC1CCN(CC(O)CNC(=O)Nc2ccc(C#N)cc2)CC1. The highest BCUT2D eigenvalue weighted by Crippen LogP contribution is 2.15. The van der Waals surface area contributed by atoms with E-state index in [2.05, 4.69) is 22.5 Å². The van der Waals surface area contributed by atoms with Gasteiger partial charge >= 0.3 is 6.03 Å². The van der Waals surface area contributed by atoms with Crippen LogP contribution in [0.25, 0.3) is 0 Å². The van der Waals surface area contributed by atoms with Crippen LogP contribution in [-0.4, -0.2) is 48.3 Å². The van der Waals surface area contributed by atoms with Crippen molar-refractivity contribution in [1.29, 1.82) is 5.26 Å². The first-order chi connectivity index (χ1) is 11.1. The second-order valence-electron chi connectivity index (χ2n) is 6.16. The van der Waals surface area contributed by atoms with E-state index in [1.54, 1.807) is 24.3 Å². The van der Waals surface area contributed by atoms with Gasteiger partial charge in [0.1, 0.15) is 0 Å². The van der Waals surface area contributed by atoms with E-state index in [0.717, 1.165) is 19.0 Å². The minimum Gasteiger partial charge on any atom is -0.390 e. The number of likely N-dealkylation sites (tertiary alicyclic amines) is 1. The second-order valence-corrected chi connectivity index (χ2v) is 6.16. The number of rotatable bonds is 5. The predicted octanol–water partition coefficient (Wildman–Crippen LogP) is 1.77. The van der Waals surface area contributed by atoms with Gasteiger partial charge < -0.3 is 20.6 Å². The predicted molar refractivity (Wildman–Crippen MR) is 89.0 cm³/mol. The number of aliphatic hydroxyl groups is 1. The Morgan fingerprint density at radius 2 is 2.04 bits per heavy atom. The van der Waals surface area contributed by atoms with Crippen molar-refractivity contribution >= 4 is 11.7 Å². The van der Waals surface area contributed by atoms with E-state index >= 15 is 0 Å². The Labute approximate surface area is 137 Å². The van der Waals surface area contributed by atoms with Crippen LogP contribution in [0.2, 0.25) is 0 Å². The highest BCUT2D eigenvalue weighted by Gasteiger charge is 2.18. The van der Waals surface area contributed by atoms with Crippen LogP contribution >= 0.6 is 0 Å². The Bertz CT molecular complexity index is 545. The molecular weight excluding hydrogens is 292 g/mol. The molecule has 0 aliphatic carbocycles. The first kappa shape index (κ1) is 17.3. The summed E-state index contributed by atoms with van der Waals surface area (Å²) in [5.41, 5.74) is 1.16. The highest BCUT2D eigenvalue weighted by atomic mass is 16.3. The van der Waals surface area contributed by atoms with E-state index in [1.165, 1.54) is 12.8 Å². The topological polar surface area (TPSA) is 88.4 Å². The van der Waals surface area contributed by atoms with Crippen molar-refractivity contribution in [3.05, 3.63) is 29.8 Å². The number of urea groups is 1. The summed E-state index contributed by atoms with van der Waals surface area (Å²) < 4.78 is 0. The largest absolute Gasteiger partial charge is 0.390 e. The molecule has 1 aromatic carbocycles. The van der Waals surface area contributed by atoms with Gasteiger partial charge in [-0.2, -0.15) is 5.26 Å². The molecule has 124 valence electrons. The molecule has 0 spiro atoms. The molecule has 6 heteroatoms. The van der Waals surface area contributed by atoms with Crippen LogP contribution in [-0.2, 0) is 0 Å². The average Bonchev–Trinajstić information content (AvgIpc) is 2.56. The lowest BCUT2D eigenvalue weighted by molar-refractivity contribution is 0.0924. The molecule has 23 heavy (non-hydrogen) atoms. The zero-order chi connectivity index (χ0) is 16.7. The molecular formula is C17H24N4O2. The van der Waals surface area contributed by atoms with Gasteiger partial charge in [0.05, 0.1) is 17.7 Å². The van der Waals surface area contributed by atoms with E-state index in [9.17, 15) is 9.90 Å². The van der Waals surface area contributed by atoms with Gasteiger partial charge in [-0.05, 0) is 56.1 Å². The molecule has 1 heterocycles. The number of benzene rings is 1. The summed E-state index contributed by atoms with van der Waals surface area (Å²) in [5, 5.41) is 24.1. The van der Waals surface area contributed by atoms with Crippen molar-refractivity contribution in [1.82, 2.24) is 10.2 Å². The van der Waals surface area contributed by atoms with E-state index in [4.69, 9.17) is 5.26 Å². The zero-order valence-corrected chi connectivity index (χ0v) is 13.5. The van der Waals surface area contributed by atoms with Gasteiger partial charge in [0.25, 0.3) is 0 Å². The quantitative estimate of drug-likeness (QED) is 0.772. The standard InChI is InChI=1S/C17H24N4O2/c1-13-6-8-21(9-7-13)12-16(22)11-19-17(23)20-15-4-2-14(10-18)3-5-15/h2-5,13,16,22H,6-9,11-12H2,1H3,(H2,19,20,23). The number of hydrogen-bond acceptors (Lipinski definition) is 4. The maximum absolute atomic E-state index is 11.8. The van der Waals surface area contributed by atoms with Crippen molar-refractivity contribution in [2.45, 2.75) is 25.9 Å². The number of anilines is 1. The number of β-amino-alcohol motifs (C(OH)–C–C–N with tert-alkyl or cyclic N) is 1. The van der Waals surface area contributed by atoms with Gasteiger partial charge in [0.15, 0.2) is 0 Å². The number of piperidine rings is 1. The zero-order valence-electron chi connectivity index (χ0n) is 13.5. The van der Waals surface area contributed by atoms with Crippen LogP contribution in [0.4, 0.5) is 10.5 Å². The van der Waals surface area contributed by atoms with Crippen molar-refractivity contribution in [2.75, 3.05) is 31.5 Å². The molecule has 1 unspecified atom stereocenters. The Morgan fingerprint density at radius 1 is 1.39 bits per heavy atom. The number of nitrogens with zero attached hydrogens (tertiary/aromatic N) is 2. The Balaban J connectivity index is 1.68. The highest BCUT2D eigenvalue weighted by molar-refractivity contribution is 5.89. The molecule has 0 bridgehead atoms. The Morgan fingerprint density at radius 3 is 2.65 bits per heavy atom. The number of carbonyl (C=O) groups excluding carboxylic acids is 1. The lowest BCUT2D eigenvalue weighted by Crippen LogP contribution is -2.43. The lowest BCUT2D eigenvalue weighted by atomic mass is 9.99. The molecule has 1 aromatic rings. The summed E-state index contributed by atoms with van der Waals surface area (Å²) in [5.74, 6) is 0.764. The molecule has 3 N–H and O–H groups in total. The molecule has 2 amide bonds. The van der Waals surface area contributed by atoms with Gasteiger partial charge in [0, 0.05) is 18.8 Å². The van der Waals surface area contributed by atoms with Crippen LogP contribution < -0.4 is 10.6 Å². The Kier molecular flexibility index (Phi) is 6.39. The normalized spacial score (nSPS) is 17.3. The second kappa shape index (κ2) is 8.51. The first-order valence-corrected chi connectivity index (χ1v) is 8.02. The number of amides is 2. The average molecular weight is 316 g/mol. The third kappa shape index (κ3) is 5.89. The molecule has 6 nitrogen and oxygen atoms in total. The molecule has 0 saturated carbocycles. The lowest BCUT2D eigenvalue weighted by Gasteiger charge is -2.31. The molecule has 0 radical (unpaired) electrons. The fraction of sp³-hybridized carbons (Fsp3) is 0.529. The summed E-state index contributed by atoms with van der Waals surface area (Å²) >= 11 is 0. The van der Waals surface area contributed by atoms with E-state index in [-0.39, 0.29) is 12.6 Å². The molecule has 0 aromatic heterocycles. The fourth-order valence-corrected chi connectivity index (χ4v) is 2.62. The van der Waals surface area contributed by atoms with Crippen LogP contribution in [0, 0.1) is 17.2 Å². The minimum atomic E-state index is -0.574. The van der Waals surface area contributed by atoms with Crippen LogP contribution in [0.1, 0.15) is 25.3 Å². The minimum absolute atomic E-state index is 0.216. The summed E-state index contributed by atoms with van der Waals surface area (Å²) in [4.78, 5) is 14.0. The smallest absolute Gasteiger partial charge is 0.319 e. The first-order valence-electron chi connectivity index (χ1n) is 8.02. The monoisotopic (exact) mass is 316 g/mol. The van der Waals surface area contributed by atoms with Gasteiger partial charge in [-0.3, -0.25) is 0 Å². The number of aliphatic hydroxyl groups excluding tert-OH is 1. The maximum atomic E-state index is 11.8. The maximum Gasteiger partial charge on any atom is 0.319 e.